The fourth-order valence-corrected chi connectivity index (χ4v) is 3.66. The third-order valence-corrected chi connectivity index (χ3v) is 4.75. The Bertz CT molecular complexity index is 589. The molecule has 0 spiro atoms. The van der Waals surface area contributed by atoms with Gasteiger partial charge in [0, 0.05) is 10.3 Å². The van der Waals surface area contributed by atoms with Crippen molar-refractivity contribution in [2.24, 2.45) is 0 Å². The topological polar surface area (TPSA) is 36.7 Å². The van der Waals surface area contributed by atoms with Crippen LogP contribution in [-0.4, -0.2) is 4.98 Å². The third kappa shape index (κ3) is 3.59. The van der Waals surface area contributed by atoms with E-state index in [1.807, 2.05) is 18.2 Å². The highest BCUT2D eigenvalue weighted by Gasteiger charge is 2.23. The molecule has 0 unspecified atom stereocenters. The standard InChI is InChI=1S/C15H16N2S2/c1-15(2,3)14-12(9-16)19-13(17-14)10-18-11-7-5-4-6-8-11/h4-8H,10H2,1-3H3. The maximum atomic E-state index is 9.19. The lowest BCUT2D eigenvalue weighted by molar-refractivity contribution is 0.570. The van der Waals surface area contributed by atoms with Crippen molar-refractivity contribution in [2.75, 3.05) is 0 Å². The Kier molecular flexibility index (Phi) is 4.28. The van der Waals surface area contributed by atoms with Gasteiger partial charge in [-0.2, -0.15) is 5.26 Å². The Morgan fingerprint density at radius 1 is 1.26 bits per heavy atom. The van der Waals surface area contributed by atoms with E-state index in [4.69, 9.17) is 0 Å². The SMILES string of the molecule is CC(C)(C)c1nc(CSc2ccccc2)sc1C#N. The molecule has 0 amide bonds. The largest absolute Gasteiger partial charge is 0.243 e. The minimum atomic E-state index is -0.0722. The van der Waals surface area contributed by atoms with Crippen LogP contribution >= 0.6 is 23.1 Å². The first-order chi connectivity index (χ1) is 9.00. The zero-order valence-corrected chi connectivity index (χ0v) is 12.9. The number of nitrogens with zero attached hydrogens (tertiary/aromatic N) is 2. The summed E-state index contributed by atoms with van der Waals surface area (Å²) >= 11 is 3.27. The van der Waals surface area contributed by atoms with Crippen LogP contribution in [0.5, 0.6) is 0 Å². The van der Waals surface area contributed by atoms with Crippen LogP contribution in [0.4, 0.5) is 0 Å². The summed E-state index contributed by atoms with van der Waals surface area (Å²) in [5.74, 6) is 0.819. The van der Waals surface area contributed by atoms with Crippen molar-refractivity contribution in [3.05, 3.63) is 45.9 Å². The minimum Gasteiger partial charge on any atom is -0.243 e. The summed E-state index contributed by atoms with van der Waals surface area (Å²) in [7, 11) is 0. The monoisotopic (exact) mass is 288 g/mol. The van der Waals surface area contributed by atoms with Gasteiger partial charge in [-0.1, -0.05) is 39.0 Å². The van der Waals surface area contributed by atoms with Gasteiger partial charge in [0.2, 0.25) is 0 Å². The summed E-state index contributed by atoms with van der Waals surface area (Å²) in [4.78, 5) is 6.62. The number of thioether (sulfide) groups is 1. The van der Waals surface area contributed by atoms with Crippen molar-refractivity contribution in [3.63, 3.8) is 0 Å². The summed E-state index contributed by atoms with van der Waals surface area (Å²) in [6.07, 6.45) is 0. The lowest BCUT2D eigenvalue weighted by Gasteiger charge is -2.15. The molecule has 0 saturated carbocycles. The van der Waals surface area contributed by atoms with E-state index in [9.17, 15) is 5.26 Å². The molecular weight excluding hydrogens is 272 g/mol. The van der Waals surface area contributed by atoms with Crippen LogP contribution in [0, 0.1) is 11.3 Å². The molecule has 0 N–H and O–H groups in total. The zero-order chi connectivity index (χ0) is 13.9. The molecule has 0 radical (unpaired) electrons. The molecule has 4 heteroatoms. The van der Waals surface area contributed by atoms with Crippen LogP contribution < -0.4 is 0 Å². The second kappa shape index (κ2) is 5.77. The molecule has 2 rings (SSSR count). The Hall–Kier alpha value is -1.31. The van der Waals surface area contributed by atoms with Crippen molar-refractivity contribution in [2.45, 2.75) is 36.8 Å². The van der Waals surface area contributed by atoms with Gasteiger partial charge in [0.05, 0.1) is 11.4 Å². The number of thiazole rings is 1. The van der Waals surface area contributed by atoms with Gasteiger partial charge >= 0.3 is 0 Å². The molecule has 0 saturated heterocycles. The zero-order valence-electron chi connectivity index (χ0n) is 11.3. The molecule has 2 nitrogen and oxygen atoms in total. The van der Waals surface area contributed by atoms with E-state index in [0.29, 0.717) is 0 Å². The highest BCUT2D eigenvalue weighted by atomic mass is 32.2. The molecule has 1 aromatic heterocycles. The first-order valence-corrected chi connectivity index (χ1v) is 7.89. The molecule has 1 heterocycles. The Balaban J connectivity index is 2.15. The highest BCUT2D eigenvalue weighted by molar-refractivity contribution is 7.98. The van der Waals surface area contributed by atoms with Crippen LogP contribution in [0.1, 0.15) is 36.3 Å². The van der Waals surface area contributed by atoms with Crippen LogP contribution in [0.15, 0.2) is 35.2 Å². The second-order valence-electron chi connectivity index (χ2n) is 5.25. The van der Waals surface area contributed by atoms with E-state index in [1.165, 1.54) is 16.2 Å². The minimum absolute atomic E-state index is 0.0722. The van der Waals surface area contributed by atoms with Gasteiger partial charge in [-0.25, -0.2) is 4.98 Å². The van der Waals surface area contributed by atoms with E-state index < -0.39 is 0 Å². The van der Waals surface area contributed by atoms with E-state index in [2.05, 4.69) is 44.0 Å². The maximum Gasteiger partial charge on any atom is 0.128 e. The molecule has 0 bridgehead atoms. The first-order valence-electron chi connectivity index (χ1n) is 6.09. The predicted octanol–water partition coefficient (Wildman–Crippen LogP) is 4.60. The lowest BCUT2D eigenvalue weighted by Crippen LogP contribution is -2.13. The third-order valence-electron chi connectivity index (χ3n) is 2.59. The molecule has 0 aliphatic rings. The molecule has 0 atom stereocenters. The summed E-state index contributed by atoms with van der Waals surface area (Å²) in [6.45, 7) is 6.28. The average Bonchev–Trinajstić information content (AvgIpc) is 2.81. The van der Waals surface area contributed by atoms with Gasteiger partial charge in [0.15, 0.2) is 0 Å². The summed E-state index contributed by atoms with van der Waals surface area (Å²) in [5.41, 5.74) is 0.848. The van der Waals surface area contributed by atoms with E-state index >= 15 is 0 Å². The van der Waals surface area contributed by atoms with Gasteiger partial charge in [0.25, 0.3) is 0 Å². The smallest absolute Gasteiger partial charge is 0.128 e. The number of hydrogen-bond donors (Lipinski definition) is 0. The lowest BCUT2D eigenvalue weighted by atomic mass is 9.91. The van der Waals surface area contributed by atoms with Gasteiger partial charge in [-0.3, -0.25) is 0 Å². The van der Waals surface area contributed by atoms with E-state index in [1.54, 1.807) is 11.8 Å². The number of hydrogen-bond acceptors (Lipinski definition) is 4. The van der Waals surface area contributed by atoms with Gasteiger partial charge in [-0.15, -0.1) is 23.1 Å². The van der Waals surface area contributed by atoms with E-state index in [-0.39, 0.29) is 5.41 Å². The van der Waals surface area contributed by atoms with Crippen molar-refractivity contribution in [3.8, 4) is 6.07 Å². The van der Waals surface area contributed by atoms with Crippen LogP contribution in [-0.2, 0) is 11.2 Å². The fourth-order valence-electron chi connectivity index (χ4n) is 1.67. The number of aromatic nitrogens is 1. The van der Waals surface area contributed by atoms with Crippen molar-refractivity contribution < 1.29 is 0 Å². The number of rotatable bonds is 3. The molecule has 0 aliphatic heterocycles. The molecule has 2 aromatic rings. The second-order valence-corrected chi connectivity index (χ2v) is 7.38. The molecule has 19 heavy (non-hydrogen) atoms. The van der Waals surface area contributed by atoms with Crippen molar-refractivity contribution in [1.82, 2.24) is 4.98 Å². The van der Waals surface area contributed by atoms with Crippen molar-refractivity contribution >= 4 is 23.1 Å². The Labute approximate surface area is 122 Å². The average molecular weight is 288 g/mol. The molecular formula is C15H16N2S2. The van der Waals surface area contributed by atoms with Gasteiger partial charge in [0.1, 0.15) is 16.0 Å². The predicted molar refractivity (Wildman–Crippen MR) is 81.5 cm³/mol. The Morgan fingerprint density at radius 3 is 2.47 bits per heavy atom. The fraction of sp³-hybridized carbons (Fsp3) is 0.333. The van der Waals surface area contributed by atoms with Crippen LogP contribution in [0.25, 0.3) is 0 Å². The normalized spacial score (nSPS) is 11.3. The Morgan fingerprint density at radius 2 is 1.95 bits per heavy atom. The molecule has 0 aliphatic carbocycles. The van der Waals surface area contributed by atoms with Gasteiger partial charge in [-0.05, 0) is 12.1 Å². The van der Waals surface area contributed by atoms with E-state index in [0.717, 1.165) is 21.3 Å². The summed E-state index contributed by atoms with van der Waals surface area (Å²) < 4.78 is 0. The number of benzene rings is 1. The molecule has 0 fully saturated rings. The first kappa shape index (κ1) is 14.1. The maximum absolute atomic E-state index is 9.19. The number of nitriles is 1. The van der Waals surface area contributed by atoms with Crippen LogP contribution in [0.3, 0.4) is 0 Å². The highest BCUT2D eigenvalue weighted by Crippen LogP contribution is 2.32. The summed E-state index contributed by atoms with van der Waals surface area (Å²) in [5, 5.41) is 10.2. The summed E-state index contributed by atoms with van der Waals surface area (Å²) in [6, 6.07) is 12.5. The molecule has 1 aromatic carbocycles. The van der Waals surface area contributed by atoms with Crippen LogP contribution in [0.2, 0.25) is 0 Å². The molecule has 98 valence electrons. The van der Waals surface area contributed by atoms with Crippen molar-refractivity contribution in [1.29, 1.82) is 5.26 Å². The van der Waals surface area contributed by atoms with Gasteiger partial charge < -0.3 is 0 Å². The quantitative estimate of drug-likeness (QED) is 0.774.